The van der Waals surface area contributed by atoms with E-state index in [-0.39, 0.29) is 10.8 Å². The molecule has 0 aliphatic carbocycles. The Morgan fingerprint density at radius 2 is 1.18 bits per heavy atom. The fourth-order valence-corrected chi connectivity index (χ4v) is 7.83. The van der Waals surface area contributed by atoms with E-state index >= 15 is 0 Å². The van der Waals surface area contributed by atoms with Gasteiger partial charge < -0.3 is 15.2 Å². The standard InChI is InChI=1S/C56H54BN3/c1-55(2,3)44-26-23-41(24-27-44)50-34-33-49(60-53-21-12-10-19-51(53)52-20-11-13-22-54(52)60)37-48-38-57-46(39-59-47-31-28-45(29-32-47)56(4,5)6)30-25-42(40-16-8-7-9-17-40)36-43(50)18-14-15-35-58-48/h7-39,57-59H,1-6H3/b18-14-,30-25-,34-33-,35-15+,42-36+,46-39-,48-38-,49-37+,50-43+. The van der Waals surface area contributed by atoms with Gasteiger partial charge in [0.05, 0.1) is 11.0 Å². The van der Waals surface area contributed by atoms with Crippen molar-refractivity contribution in [1.82, 2.24) is 9.88 Å². The van der Waals surface area contributed by atoms with Crippen molar-refractivity contribution < 1.29 is 0 Å². The van der Waals surface area contributed by atoms with Gasteiger partial charge in [-0.25, -0.2) is 0 Å². The number of benzene rings is 5. The minimum Gasteiger partial charge on any atom is -0.363 e. The maximum atomic E-state index is 3.65. The normalized spacial score (nSPS) is 21.7. The van der Waals surface area contributed by atoms with Gasteiger partial charge >= 0.3 is 0 Å². The summed E-state index contributed by atoms with van der Waals surface area (Å²) >= 11 is 0. The van der Waals surface area contributed by atoms with E-state index in [0.29, 0.717) is 7.28 Å². The number of allylic oxidation sites excluding steroid dienone is 14. The molecule has 0 atom stereocenters. The van der Waals surface area contributed by atoms with Crippen LogP contribution in [0.15, 0.2) is 217 Å². The van der Waals surface area contributed by atoms with Crippen LogP contribution >= 0.6 is 0 Å². The van der Waals surface area contributed by atoms with Gasteiger partial charge in [-0.2, -0.15) is 0 Å². The zero-order valence-electron chi connectivity index (χ0n) is 35.7. The summed E-state index contributed by atoms with van der Waals surface area (Å²) in [5.41, 5.74) is 14.9. The van der Waals surface area contributed by atoms with Crippen LogP contribution in [0.4, 0.5) is 5.69 Å². The quantitative estimate of drug-likeness (QED) is 0.171. The molecule has 0 spiro atoms. The minimum atomic E-state index is 0.0415. The highest BCUT2D eigenvalue weighted by Gasteiger charge is 2.17. The molecule has 296 valence electrons. The van der Waals surface area contributed by atoms with E-state index in [9.17, 15) is 0 Å². The van der Waals surface area contributed by atoms with E-state index in [1.54, 1.807) is 0 Å². The largest absolute Gasteiger partial charge is 0.363 e. The van der Waals surface area contributed by atoms with Gasteiger partial charge in [-0.15, -0.1) is 0 Å². The highest BCUT2D eigenvalue weighted by molar-refractivity contribution is 6.52. The molecule has 2 bridgehead atoms. The van der Waals surface area contributed by atoms with E-state index in [0.717, 1.165) is 61.4 Å². The van der Waals surface area contributed by atoms with Gasteiger partial charge in [-0.3, -0.25) is 0 Å². The lowest BCUT2D eigenvalue weighted by Crippen LogP contribution is -2.10. The summed E-state index contributed by atoms with van der Waals surface area (Å²) in [5.74, 6) is 2.28. The molecule has 3 nitrogen and oxygen atoms in total. The maximum absolute atomic E-state index is 3.65. The predicted molar refractivity (Wildman–Crippen MR) is 262 cm³/mol. The summed E-state index contributed by atoms with van der Waals surface area (Å²) in [5, 5.41) is 9.73. The number of nitrogens with one attached hydrogen (secondary N) is 2. The van der Waals surface area contributed by atoms with Crippen LogP contribution in [0.3, 0.4) is 0 Å². The average molecular weight is 780 g/mol. The number of hydrogen-bond acceptors (Lipinski definition) is 2. The predicted octanol–water partition coefficient (Wildman–Crippen LogP) is 13.8. The highest BCUT2D eigenvalue weighted by Crippen LogP contribution is 2.35. The molecule has 0 fully saturated rings. The molecule has 0 saturated heterocycles. The molecule has 3 aliphatic rings. The first kappa shape index (κ1) is 40.0. The number of anilines is 1. The Labute approximate surface area is 357 Å². The van der Waals surface area contributed by atoms with Gasteiger partial charge in [0.2, 0.25) is 0 Å². The molecule has 0 saturated carbocycles. The van der Waals surface area contributed by atoms with Crippen LogP contribution in [0, 0.1) is 0 Å². The van der Waals surface area contributed by atoms with Gasteiger partial charge in [-0.1, -0.05) is 186 Å². The van der Waals surface area contributed by atoms with Crippen molar-refractivity contribution in [2.24, 2.45) is 0 Å². The van der Waals surface area contributed by atoms with Crippen molar-refractivity contribution >= 4 is 51.6 Å². The molecule has 6 aromatic rings. The van der Waals surface area contributed by atoms with E-state index in [2.05, 4.69) is 251 Å². The monoisotopic (exact) mass is 779 g/mol. The van der Waals surface area contributed by atoms with E-state index in [1.165, 1.54) is 21.9 Å². The summed E-state index contributed by atoms with van der Waals surface area (Å²) in [7, 11) is 0.687. The first-order valence-corrected chi connectivity index (χ1v) is 21.1. The number of aromatic nitrogens is 1. The van der Waals surface area contributed by atoms with E-state index < -0.39 is 0 Å². The zero-order chi connectivity index (χ0) is 41.7. The summed E-state index contributed by atoms with van der Waals surface area (Å²) in [4.78, 5) is 0. The third kappa shape index (κ3) is 9.09. The Bertz CT molecular complexity index is 2750. The van der Waals surface area contributed by atoms with Gasteiger partial charge in [0.15, 0.2) is 7.28 Å². The Morgan fingerprint density at radius 3 is 1.83 bits per heavy atom. The van der Waals surface area contributed by atoms with Crippen LogP contribution in [0.1, 0.15) is 63.8 Å². The fourth-order valence-electron chi connectivity index (χ4n) is 7.83. The first-order valence-electron chi connectivity index (χ1n) is 21.1. The van der Waals surface area contributed by atoms with E-state index in [4.69, 9.17) is 0 Å². The molecule has 0 amide bonds. The van der Waals surface area contributed by atoms with Gasteiger partial charge in [0, 0.05) is 34.1 Å². The molecule has 1 aromatic heterocycles. The topological polar surface area (TPSA) is 29.0 Å². The fraction of sp³-hybridized carbons (Fsp3) is 0.143. The second-order valence-electron chi connectivity index (χ2n) is 17.7. The molecule has 4 heteroatoms. The van der Waals surface area contributed by atoms with Crippen molar-refractivity contribution in [3.8, 4) is 0 Å². The molecule has 2 N–H and O–H groups in total. The summed E-state index contributed by atoms with van der Waals surface area (Å²) < 4.78 is 2.40. The third-order valence-corrected chi connectivity index (χ3v) is 11.3. The van der Waals surface area contributed by atoms with Crippen molar-refractivity contribution in [3.05, 3.63) is 239 Å². The van der Waals surface area contributed by atoms with Crippen molar-refractivity contribution in [2.45, 2.75) is 52.4 Å². The van der Waals surface area contributed by atoms with Gasteiger partial charge in [0.25, 0.3) is 0 Å². The average Bonchev–Trinajstić information content (AvgIpc) is 3.58. The molecule has 60 heavy (non-hydrogen) atoms. The maximum Gasteiger partial charge on any atom is 0.187 e. The Balaban J connectivity index is 1.38. The first-order chi connectivity index (χ1) is 29.0. The van der Waals surface area contributed by atoms with Crippen LogP contribution in [0.25, 0.3) is 38.6 Å². The zero-order valence-corrected chi connectivity index (χ0v) is 35.7. The van der Waals surface area contributed by atoms with Crippen molar-refractivity contribution in [2.75, 3.05) is 5.32 Å². The number of rotatable bonds is 5. The van der Waals surface area contributed by atoms with Crippen LogP contribution in [-0.4, -0.2) is 11.8 Å². The molecular weight excluding hydrogens is 725 g/mol. The van der Waals surface area contributed by atoms with Crippen LogP contribution < -0.4 is 10.6 Å². The van der Waals surface area contributed by atoms with Crippen LogP contribution in [0.5, 0.6) is 0 Å². The molecular formula is C56H54BN3. The van der Waals surface area contributed by atoms with Crippen molar-refractivity contribution in [3.63, 3.8) is 0 Å². The van der Waals surface area contributed by atoms with Crippen LogP contribution in [-0.2, 0) is 10.8 Å². The van der Waals surface area contributed by atoms with Crippen LogP contribution in [0.2, 0.25) is 0 Å². The number of para-hydroxylation sites is 2. The smallest absolute Gasteiger partial charge is 0.187 e. The second kappa shape index (κ2) is 17.2. The highest BCUT2D eigenvalue weighted by atomic mass is 15.0. The molecule has 5 aromatic carbocycles. The Kier molecular flexibility index (Phi) is 11.5. The summed E-state index contributed by atoms with van der Waals surface area (Å²) in [6, 6.07) is 46.0. The van der Waals surface area contributed by atoms with Crippen molar-refractivity contribution in [1.29, 1.82) is 0 Å². The molecule has 3 aliphatic heterocycles. The molecule has 9 rings (SSSR count). The summed E-state index contributed by atoms with van der Waals surface area (Å²) in [6.07, 6.45) is 24.3. The summed E-state index contributed by atoms with van der Waals surface area (Å²) in [6.45, 7) is 13.6. The number of nitrogens with zero attached hydrogens (tertiary/aromatic N) is 1. The number of hydrogen-bond donors (Lipinski definition) is 2. The minimum absolute atomic E-state index is 0.0415. The number of fused-ring (bicyclic) bond motifs is 11. The van der Waals surface area contributed by atoms with Gasteiger partial charge in [0.1, 0.15) is 0 Å². The molecule has 4 heterocycles. The van der Waals surface area contributed by atoms with E-state index in [1.807, 2.05) is 6.20 Å². The lowest BCUT2D eigenvalue weighted by molar-refractivity contribution is 0.590. The Morgan fingerprint density at radius 1 is 0.567 bits per heavy atom. The molecule has 0 radical (unpaired) electrons. The second-order valence-corrected chi connectivity index (χ2v) is 17.7. The lowest BCUT2D eigenvalue weighted by Gasteiger charge is -2.20. The third-order valence-electron chi connectivity index (χ3n) is 11.3. The SMILES string of the molecule is CC(C)(C)c1ccc(N/C=C2B/C=C3/C=C(n4c5ccccc5c5ccccc54)\C=C/C(c4ccc(C(C)(C)C)cc4)=C(/C=C\C=C\N3)\C=C(c3ccccc3)/C=C\2)cc1. The molecule has 0 unspecified atom stereocenters. The Hall–Kier alpha value is -6.78. The lowest BCUT2D eigenvalue weighted by atomic mass is 9.68. The van der Waals surface area contributed by atoms with Gasteiger partial charge in [-0.05, 0) is 105 Å².